The average Bonchev–Trinajstić information content (AvgIpc) is 2.30. The summed E-state index contributed by atoms with van der Waals surface area (Å²) in [5.41, 5.74) is 2.53. The van der Waals surface area contributed by atoms with Gasteiger partial charge in [0.2, 0.25) is 5.91 Å². The molecule has 0 atom stereocenters. The van der Waals surface area contributed by atoms with Gasteiger partial charge in [0.25, 0.3) is 0 Å². The first kappa shape index (κ1) is 15.5. The Bertz CT molecular complexity index is 433. The number of aromatic hydroxyl groups is 1. The molecule has 0 saturated heterocycles. The third-order valence-corrected chi connectivity index (χ3v) is 3.20. The van der Waals surface area contributed by atoms with Gasteiger partial charge < -0.3 is 10.4 Å². The number of phenolic OH excluding ortho intramolecular Hbond substituents is 1. The zero-order valence-corrected chi connectivity index (χ0v) is 12.7. The molecule has 0 spiro atoms. The summed E-state index contributed by atoms with van der Waals surface area (Å²) in [4.78, 5) is 11.8. The molecule has 0 fully saturated rings. The second-order valence-electron chi connectivity index (χ2n) is 5.96. The second kappa shape index (κ2) is 6.09. The van der Waals surface area contributed by atoms with Crippen molar-refractivity contribution in [2.75, 3.05) is 5.32 Å². The fourth-order valence-electron chi connectivity index (χ4n) is 1.92. The summed E-state index contributed by atoms with van der Waals surface area (Å²) in [5.74, 6) is 0.725. The van der Waals surface area contributed by atoms with Crippen molar-refractivity contribution in [3.8, 4) is 5.75 Å². The maximum atomic E-state index is 11.8. The van der Waals surface area contributed by atoms with Gasteiger partial charge in [-0.3, -0.25) is 4.79 Å². The lowest BCUT2D eigenvalue weighted by atomic mass is 9.93. The molecule has 1 amide bonds. The van der Waals surface area contributed by atoms with Crippen LogP contribution in [-0.4, -0.2) is 11.0 Å². The minimum absolute atomic E-state index is 0.00454. The van der Waals surface area contributed by atoms with E-state index in [1.165, 1.54) is 0 Å². The third kappa shape index (κ3) is 3.72. The smallest absolute Gasteiger partial charge is 0.226 e. The Morgan fingerprint density at radius 1 is 1.00 bits per heavy atom. The molecule has 0 radical (unpaired) electrons. The first-order valence-corrected chi connectivity index (χ1v) is 6.91. The molecule has 1 rings (SSSR count). The summed E-state index contributed by atoms with van der Waals surface area (Å²) < 4.78 is 0. The van der Waals surface area contributed by atoms with Gasteiger partial charge in [0, 0.05) is 11.6 Å². The summed E-state index contributed by atoms with van der Waals surface area (Å²) in [7, 11) is 0. The van der Waals surface area contributed by atoms with Gasteiger partial charge in [-0.15, -0.1) is 0 Å². The van der Waals surface area contributed by atoms with E-state index in [1.807, 2.05) is 53.7 Å². The van der Waals surface area contributed by atoms with Crippen LogP contribution in [0.5, 0.6) is 5.75 Å². The number of phenols is 1. The van der Waals surface area contributed by atoms with Crippen molar-refractivity contribution in [2.45, 2.75) is 53.4 Å². The number of nitrogens with one attached hydrogen (secondary N) is 1. The normalized spacial score (nSPS) is 11.4. The molecule has 2 N–H and O–H groups in total. The van der Waals surface area contributed by atoms with Gasteiger partial charge in [-0.1, -0.05) is 41.5 Å². The molecule has 106 valence electrons. The van der Waals surface area contributed by atoms with Crippen LogP contribution >= 0.6 is 0 Å². The van der Waals surface area contributed by atoms with Crippen molar-refractivity contribution in [1.29, 1.82) is 0 Å². The molecule has 0 aliphatic rings. The number of benzene rings is 1. The van der Waals surface area contributed by atoms with Gasteiger partial charge in [0.05, 0.1) is 0 Å². The Balaban J connectivity index is 3.23. The highest BCUT2D eigenvalue weighted by atomic mass is 16.3. The van der Waals surface area contributed by atoms with Crippen LogP contribution < -0.4 is 5.32 Å². The van der Waals surface area contributed by atoms with Gasteiger partial charge in [0.1, 0.15) is 5.75 Å². The van der Waals surface area contributed by atoms with Crippen LogP contribution in [0.15, 0.2) is 12.1 Å². The second-order valence-corrected chi connectivity index (χ2v) is 5.96. The molecule has 3 heteroatoms. The number of anilines is 1. The Labute approximate surface area is 116 Å². The fraction of sp³-hybridized carbons (Fsp3) is 0.562. The van der Waals surface area contributed by atoms with Gasteiger partial charge in [-0.2, -0.15) is 0 Å². The predicted molar refractivity (Wildman–Crippen MR) is 79.8 cm³/mol. The van der Waals surface area contributed by atoms with Crippen molar-refractivity contribution in [2.24, 2.45) is 5.92 Å². The van der Waals surface area contributed by atoms with Crippen LogP contribution in [0.4, 0.5) is 5.69 Å². The molecule has 0 unspecified atom stereocenters. The molecular formula is C16H25NO2. The minimum Gasteiger partial charge on any atom is -0.507 e. The lowest BCUT2D eigenvalue weighted by Gasteiger charge is -2.18. The van der Waals surface area contributed by atoms with Crippen LogP contribution in [0.2, 0.25) is 0 Å². The number of rotatable bonds is 4. The topological polar surface area (TPSA) is 49.3 Å². The first-order chi connectivity index (χ1) is 8.73. The van der Waals surface area contributed by atoms with Gasteiger partial charge in [-0.25, -0.2) is 0 Å². The maximum Gasteiger partial charge on any atom is 0.226 e. The van der Waals surface area contributed by atoms with E-state index in [0.29, 0.717) is 5.75 Å². The molecule has 0 aromatic heterocycles. The summed E-state index contributed by atoms with van der Waals surface area (Å²) in [5, 5.41) is 13.2. The highest BCUT2D eigenvalue weighted by molar-refractivity contribution is 5.92. The molecule has 0 saturated carbocycles. The Hall–Kier alpha value is -1.51. The van der Waals surface area contributed by atoms with Crippen LogP contribution in [0, 0.1) is 5.92 Å². The minimum atomic E-state index is -0.0567. The highest BCUT2D eigenvalue weighted by Crippen LogP contribution is 2.36. The molecule has 0 bridgehead atoms. The van der Waals surface area contributed by atoms with Crippen LogP contribution in [0.1, 0.15) is 64.5 Å². The first-order valence-electron chi connectivity index (χ1n) is 6.91. The summed E-state index contributed by atoms with van der Waals surface area (Å²) in [6.45, 7) is 11.9. The van der Waals surface area contributed by atoms with Gasteiger partial charge in [0.15, 0.2) is 0 Å². The zero-order valence-electron chi connectivity index (χ0n) is 12.7. The molecular weight excluding hydrogens is 238 g/mol. The monoisotopic (exact) mass is 263 g/mol. The number of hydrogen-bond donors (Lipinski definition) is 2. The van der Waals surface area contributed by atoms with Crippen molar-refractivity contribution in [3.63, 3.8) is 0 Å². The summed E-state index contributed by atoms with van der Waals surface area (Å²) in [6, 6.07) is 3.73. The SMILES string of the molecule is CC(C)C(=O)Nc1cc(C(C)C)c(O)c(C(C)C)c1. The maximum absolute atomic E-state index is 11.8. The molecule has 1 aromatic rings. The summed E-state index contributed by atoms with van der Waals surface area (Å²) in [6.07, 6.45) is 0. The molecule has 0 aliphatic carbocycles. The standard InChI is InChI=1S/C16H25NO2/c1-9(2)13-7-12(17-16(19)11(5)6)8-14(10(3)4)15(13)18/h7-11,18H,1-6H3,(H,17,19). The molecule has 3 nitrogen and oxygen atoms in total. The van der Waals surface area contributed by atoms with E-state index in [-0.39, 0.29) is 23.7 Å². The number of amides is 1. The highest BCUT2D eigenvalue weighted by Gasteiger charge is 2.16. The average molecular weight is 263 g/mol. The van der Waals surface area contributed by atoms with Crippen molar-refractivity contribution < 1.29 is 9.90 Å². The van der Waals surface area contributed by atoms with E-state index >= 15 is 0 Å². The van der Waals surface area contributed by atoms with Gasteiger partial charge >= 0.3 is 0 Å². The van der Waals surface area contributed by atoms with Gasteiger partial charge in [-0.05, 0) is 35.1 Å². The van der Waals surface area contributed by atoms with E-state index in [0.717, 1.165) is 16.8 Å². The van der Waals surface area contributed by atoms with Crippen LogP contribution in [0.3, 0.4) is 0 Å². The van der Waals surface area contributed by atoms with Crippen molar-refractivity contribution >= 4 is 11.6 Å². The predicted octanol–water partition coefficient (Wildman–Crippen LogP) is 4.23. The fourth-order valence-corrected chi connectivity index (χ4v) is 1.92. The largest absolute Gasteiger partial charge is 0.507 e. The lowest BCUT2D eigenvalue weighted by Crippen LogP contribution is -2.18. The molecule has 1 aromatic carbocycles. The van der Waals surface area contributed by atoms with E-state index in [2.05, 4.69) is 5.32 Å². The van der Waals surface area contributed by atoms with Crippen molar-refractivity contribution in [1.82, 2.24) is 0 Å². The van der Waals surface area contributed by atoms with E-state index in [9.17, 15) is 9.90 Å². The number of carbonyl (C=O) groups excluding carboxylic acids is 1. The molecule has 0 aliphatic heterocycles. The van der Waals surface area contributed by atoms with Crippen LogP contribution in [-0.2, 0) is 4.79 Å². The number of carbonyl (C=O) groups is 1. The van der Waals surface area contributed by atoms with Crippen molar-refractivity contribution in [3.05, 3.63) is 23.3 Å². The zero-order chi connectivity index (χ0) is 14.7. The van der Waals surface area contributed by atoms with E-state index < -0.39 is 0 Å². The third-order valence-electron chi connectivity index (χ3n) is 3.20. The van der Waals surface area contributed by atoms with E-state index in [1.54, 1.807) is 0 Å². The lowest BCUT2D eigenvalue weighted by molar-refractivity contribution is -0.118. The quantitative estimate of drug-likeness (QED) is 0.798. The number of hydrogen-bond acceptors (Lipinski definition) is 2. The molecule has 19 heavy (non-hydrogen) atoms. The van der Waals surface area contributed by atoms with E-state index in [4.69, 9.17) is 0 Å². The van der Waals surface area contributed by atoms with Crippen LogP contribution in [0.25, 0.3) is 0 Å². The Kier molecular flexibility index (Phi) is 4.98. The molecule has 0 heterocycles. The Morgan fingerprint density at radius 2 is 1.42 bits per heavy atom. The summed E-state index contributed by atoms with van der Waals surface area (Å²) >= 11 is 0. The Morgan fingerprint density at radius 3 is 1.74 bits per heavy atom.